The molecule has 1 aromatic heterocycles. The first-order valence-corrected chi connectivity index (χ1v) is 8.33. The molecule has 1 fully saturated rings. The highest BCUT2D eigenvalue weighted by Crippen LogP contribution is 2.23. The highest BCUT2D eigenvalue weighted by Gasteiger charge is 2.15. The summed E-state index contributed by atoms with van der Waals surface area (Å²) < 4.78 is 0. The smallest absolute Gasteiger partial charge is 0.234 e. The number of hydrogen-bond donors (Lipinski definition) is 2. The highest BCUT2D eigenvalue weighted by molar-refractivity contribution is 8.00. The van der Waals surface area contributed by atoms with Crippen LogP contribution in [0.1, 0.15) is 12.8 Å². The van der Waals surface area contributed by atoms with E-state index in [2.05, 4.69) is 15.6 Å². The van der Waals surface area contributed by atoms with Gasteiger partial charge in [-0.05, 0) is 43.5 Å². The van der Waals surface area contributed by atoms with E-state index in [-0.39, 0.29) is 5.91 Å². The monoisotopic (exact) mass is 301 g/mol. The fraction of sp³-hybridized carbons (Fsp3) is 0.375. The molecule has 0 saturated carbocycles. The minimum Gasteiger partial charge on any atom is -0.325 e. The Bertz CT molecular complexity index is 620. The molecule has 5 heteroatoms. The molecule has 0 atom stereocenters. The molecule has 1 aliphatic rings. The quantitative estimate of drug-likeness (QED) is 0.911. The summed E-state index contributed by atoms with van der Waals surface area (Å²) in [7, 11) is 0. The molecule has 0 radical (unpaired) electrons. The second-order valence-corrected chi connectivity index (χ2v) is 6.50. The number of nitrogens with zero attached hydrogens (tertiary/aromatic N) is 1. The van der Waals surface area contributed by atoms with Crippen LogP contribution in [0.3, 0.4) is 0 Å². The van der Waals surface area contributed by atoms with E-state index >= 15 is 0 Å². The molecule has 21 heavy (non-hydrogen) atoms. The summed E-state index contributed by atoms with van der Waals surface area (Å²) in [6.45, 7) is 2.13. The van der Waals surface area contributed by atoms with Crippen molar-refractivity contribution in [3.63, 3.8) is 0 Å². The van der Waals surface area contributed by atoms with Crippen LogP contribution >= 0.6 is 11.8 Å². The third-order valence-corrected chi connectivity index (χ3v) is 5.07. The molecule has 1 saturated heterocycles. The maximum Gasteiger partial charge on any atom is 0.234 e. The molecule has 3 rings (SSSR count). The van der Waals surface area contributed by atoms with Crippen molar-refractivity contribution in [2.24, 2.45) is 0 Å². The minimum atomic E-state index is 0.0647. The SMILES string of the molecule is O=C(CSC1CCNCC1)Nc1cccc2ccncc12. The number of fused-ring (bicyclic) bond motifs is 1. The van der Waals surface area contributed by atoms with Crippen molar-refractivity contribution < 1.29 is 4.79 Å². The van der Waals surface area contributed by atoms with E-state index in [0.29, 0.717) is 11.0 Å². The number of nitrogens with one attached hydrogen (secondary N) is 2. The third kappa shape index (κ3) is 3.74. The van der Waals surface area contributed by atoms with Gasteiger partial charge in [0.1, 0.15) is 0 Å². The van der Waals surface area contributed by atoms with E-state index in [1.54, 1.807) is 24.2 Å². The second kappa shape index (κ2) is 6.91. The Morgan fingerprint density at radius 2 is 2.19 bits per heavy atom. The Hall–Kier alpha value is -1.59. The average Bonchev–Trinajstić information content (AvgIpc) is 2.54. The standard InChI is InChI=1S/C16H19N3OS/c20-16(11-21-13-5-8-17-9-6-13)19-15-3-1-2-12-4-7-18-10-14(12)15/h1-4,7,10,13,17H,5-6,8-9,11H2,(H,19,20). The lowest BCUT2D eigenvalue weighted by Gasteiger charge is -2.21. The first-order valence-electron chi connectivity index (χ1n) is 7.28. The van der Waals surface area contributed by atoms with Crippen LogP contribution in [0, 0.1) is 0 Å². The first kappa shape index (κ1) is 14.4. The molecule has 0 bridgehead atoms. The maximum atomic E-state index is 12.1. The summed E-state index contributed by atoms with van der Waals surface area (Å²) in [5.41, 5.74) is 0.844. The summed E-state index contributed by atoms with van der Waals surface area (Å²) in [5.74, 6) is 0.580. The van der Waals surface area contributed by atoms with Crippen LogP contribution in [0.4, 0.5) is 5.69 Å². The molecule has 0 unspecified atom stereocenters. The van der Waals surface area contributed by atoms with Gasteiger partial charge >= 0.3 is 0 Å². The van der Waals surface area contributed by atoms with Crippen molar-refractivity contribution in [3.05, 3.63) is 36.7 Å². The van der Waals surface area contributed by atoms with Gasteiger partial charge in [-0.1, -0.05) is 12.1 Å². The third-order valence-electron chi connectivity index (χ3n) is 3.69. The lowest BCUT2D eigenvalue weighted by molar-refractivity contribution is -0.113. The van der Waals surface area contributed by atoms with E-state index in [1.165, 1.54) is 0 Å². The number of carbonyl (C=O) groups is 1. The second-order valence-electron chi connectivity index (χ2n) is 5.21. The van der Waals surface area contributed by atoms with E-state index in [0.717, 1.165) is 42.4 Å². The van der Waals surface area contributed by atoms with Crippen molar-refractivity contribution in [1.82, 2.24) is 10.3 Å². The van der Waals surface area contributed by atoms with Crippen molar-refractivity contribution in [2.45, 2.75) is 18.1 Å². The molecule has 2 heterocycles. The molecule has 110 valence electrons. The molecule has 4 nitrogen and oxygen atoms in total. The van der Waals surface area contributed by atoms with E-state index < -0.39 is 0 Å². The molecule has 1 aromatic carbocycles. The number of aromatic nitrogens is 1. The molecule has 1 aliphatic heterocycles. The molecule has 1 amide bonds. The van der Waals surface area contributed by atoms with Crippen LogP contribution in [-0.2, 0) is 4.79 Å². The Labute approximate surface area is 128 Å². The van der Waals surface area contributed by atoms with Crippen LogP contribution in [0.25, 0.3) is 10.8 Å². The van der Waals surface area contributed by atoms with Gasteiger partial charge in [-0.15, -0.1) is 11.8 Å². The first-order chi connectivity index (χ1) is 10.3. The highest BCUT2D eigenvalue weighted by atomic mass is 32.2. The van der Waals surface area contributed by atoms with Crippen LogP contribution < -0.4 is 10.6 Å². The zero-order valence-corrected chi connectivity index (χ0v) is 12.7. The van der Waals surface area contributed by atoms with E-state index in [1.807, 2.05) is 24.3 Å². The topological polar surface area (TPSA) is 54.0 Å². The van der Waals surface area contributed by atoms with Crippen LogP contribution in [-0.4, -0.2) is 35.0 Å². The molecular weight excluding hydrogens is 282 g/mol. The van der Waals surface area contributed by atoms with Gasteiger partial charge < -0.3 is 10.6 Å². The summed E-state index contributed by atoms with van der Waals surface area (Å²) in [4.78, 5) is 16.3. The Morgan fingerprint density at radius 1 is 1.33 bits per heavy atom. The Balaban J connectivity index is 1.61. The Kier molecular flexibility index (Phi) is 4.72. The van der Waals surface area contributed by atoms with Crippen LogP contribution in [0.2, 0.25) is 0 Å². The van der Waals surface area contributed by atoms with Crippen molar-refractivity contribution in [2.75, 3.05) is 24.2 Å². The van der Waals surface area contributed by atoms with Crippen molar-refractivity contribution in [3.8, 4) is 0 Å². The number of anilines is 1. The molecular formula is C16H19N3OS. The average molecular weight is 301 g/mol. The predicted molar refractivity (Wildman–Crippen MR) is 88.7 cm³/mol. The molecule has 2 N–H and O–H groups in total. The van der Waals surface area contributed by atoms with Gasteiger partial charge in [0.2, 0.25) is 5.91 Å². The zero-order chi connectivity index (χ0) is 14.5. The van der Waals surface area contributed by atoms with E-state index in [9.17, 15) is 4.79 Å². The number of pyridine rings is 1. The molecule has 2 aromatic rings. The van der Waals surface area contributed by atoms with Gasteiger partial charge in [-0.25, -0.2) is 0 Å². The number of rotatable bonds is 4. The Morgan fingerprint density at radius 3 is 3.05 bits per heavy atom. The van der Waals surface area contributed by atoms with Gasteiger partial charge in [-0.2, -0.15) is 0 Å². The van der Waals surface area contributed by atoms with Crippen LogP contribution in [0.5, 0.6) is 0 Å². The minimum absolute atomic E-state index is 0.0647. The maximum absolute atomic E-state index is 12.1. The number of carbonyl (C=O) groups excluding carboxylic acids is 1. The lowest BCUT2D eigenvalue weighted by Crippen LogP contribution is -2.30. The van der Waals surface area contributed by atoms with Crippen molar-refractivity contribution in [1.29, 1.82) is 0 Å². The normalized spacial score (nSPS) is 16.0. The molecule has 0 aliphatic carbocycles. The number of benzene rings is 1. The predicted octanol–water partition coefficient (Wildman–Crippen LogP) is 2.66. The lowest BCUT2D eigenvalue weighted by atomic mass is 10.1. The number of amides is 1. The van der Waals surface area contributed by atoms with Gasteiger partial charge in [0.05, 0.1) is 11.4 Å². The number of hydrogen-bond acceptors (Lipinski definition) is 4. The fourth-order valence-corrected chi connectivity index (χ4v) is 3.59. The summed E-state index contributed by atoms with van der Waals surface area (Å²) in [6.07, 6.45) is 5.86. The van der Waals surface area contributed by atoms with Gasteiger partial charge in [0.25, 0.3) is 0 Å². The zero-order valence-electron chi connectivity index (χ0n) is 11.8. The van der Waals surface area contributed by atoms with Gasteiger partial charge in [0, 0.05) is 23.0 Å². The summed E-state index contributed by atoms with van der Waals surface area (Å²) in [6, 6.07) is 7.86. The van der Waals surface area contributed by atoms with E-state index in [4.69, 9.17) is 0 Å². The summed E-state index contributed by atoms with van der Waals surface area (Å²) >= 11 is 1.76. The fourth-order valence-electron chi connectivity index (χ4n) is 2.56. The van der Waals surface area contributed by atoms with Gasteiger partial charge in [0.15, 0.2) is 0 Å². The number of thioether (sulfide) groups is 1. The molecule has 0 spiro atoms. The summed E-state index contributed by atoms with van der Waals surface area (Å²) in [5, 5.41) is 9.03. The van der Waals surface area contributed by atoms with Gasteiger partial charge in [-0.3, -0.25) is 9.78 Å². The number of piperidine rings is 1. The largest absolute Gasteiger partial charge is 0.325 e. The van der Waals surface area contributed by atoms with Crippen LogP contribution in [0.15, 0.2) is 36.7 Å². The van der Waals surface area contributed by atoms with Crippen molar-refractivity contribution >= 4 is 34.1 Å².